The van der Waals surface area contributed by atoms with Crippen LogP contribution in [0.25, 0.3) is 0 Å². The molecule has 0 amide bonds. The monoisotopic (exact) mass is 295 g/mol. The Kier molecular flexibility index (Phi) is 5.30. The van der Waals surface area contributed by atoms with Crippen LogP contribution in [0, 0.1) is 0 Å². The van der Waals surface area contributed by atoms with E-state index in [4.69, 9.17) is 17.3 Å². The Hall–Kier alpha value is -0.770. The van der Waals surface area contributed by atoms with Crippen molar-refractivity contribution >= 4 is 17.3 Å². The minimum Gasteiger partial charge on any atom is -0.367 e. The highest BCUT2D eigenvalue weighted by atomic mass is 35.5. The first kappa shape index (κ1) is 15.6. The Bertz CT molecular complexity index is 447. The number of hydrogen-bond donors (Lipinski definition) is 1. The lowest BCUT2D eigenvalue weighted by Gasteiger charge is -2.32. The second-order valence-corrected chi connectivity index (χ2v) is 6.55. The molecule has 1 aliphatic heterocycles. The Morgan fingerprint density at radius 1 is 1.40 bits per heavy atom. The highest BCUT2D eigenvalue weighted by Gasteiger charge is 2.22. The first-order valence-electron chi connectivity index (χ1n) is 7.46. The van der Waals surface area contributed by atoms with Crippen molar-refractivity contribution in [3.63, 3.8) is 0 Å². The third-order valence-electron chi connectivity index (χ3n) is 3.95. The van der Waals surface area contributed by atoms with Gasteiger partial charge in [0.05, 0.1) is 0 Å². The van der Waals surface area contributed by atoms with E-state index in [9.17, 15) is 0 Å². The average molecular weight is 296 g/mol. The van der Waals surface area contributed by atoms with E-state index in [1.165, 1.54) is 17.7 Å². The lowest BCUT2D eigenvalue weighted by atomic mass is 10.0. The Balaban J connectivity index is 2.31. The molecule has 2 rings (SSSR count). The van der Waals surface area contributed by atoms with Gasteiger partial charge in [-0.15, -0.1) is 0 Å². The van der Waals surface area contributed by atoms with Crippen LogP contribution in [-0.2, 0) is 6.42 Å². The largest absolute Gasteiger partial charge is 0.367 e. The predicted octanol–water partition coefficient (Wildman–Crippen LogP) is 2.76. The van der Waals surface area contributed by atoms with E-state index >= 15 is 0 Å². The molecule has 112 valence electrons. The quantitative estimate of drug-likeness (QED) is 0.931. The third-order valence-corrected chi connectivity index (χ3v) is 4.18. The highest BCUT2D eigenvalue weighted by Crippen LogP contribution is 2.28. The number of likely N-dealkylation sites (N-methyl/N-ethyl adjacent to an activating group) is 1. The number of rotatable bonds is 3. The number of benzene rings is 1. The molecule has 0 saturated carbocycles. The summed E-state index contributed by atoms with van der Waals surface area (Å²) in [5.74, 6) is 0. The van der Waals surface area contributed by atoms with Gasteiger partial charge in [-0.25, -0.2) is 0 Å². The summed E-state index contributed by atoms with van der Waals surface area (Å²) in [4.78, 5) is 4.90. The van der Waals surface area contributed by atoms with Crippen molar-refractivity contribution in [2.75, 3.05) is 31.6 Å². The minimum absolute atomic E-state index is 0.167. The number of nitrogens with two attached hydrogens (primary N) is 1. The SMILES string of the molecule is CC(N)Cc1ccc(Cl)cc1N1CCCN(C)CC1C. The molecule has 1 heterocycles. The molecular weight excluding hydrogens is 270 g/mol. The molecule has 4 heteroatoms. The standard InChI is InChI=1S/C16H26ClN3/c1-12(18)9-14-5-6-15(17)10-16(14)20-8-4-7-19(3)11-13(20)2/h5-6,10,12-13H,4,7-9,11,18H2,1-3H3. The van der Waals surface area contributed by atoms with Gasteiger partial charge in [-0.1, -0.05) is 17.7 Å². The van der Waals surface area contributed by atoms with E-state index < -0.39 is 0 Å². The van der Waals surface area contributed by atoms with E-state index in [-0.39, 0.29) is 6.04 Å². The van der Waals surface area contributed by atoms with Gasteiger partial charge in [-0.2, -0.15) is 0 Å². The van der Waals surface area contributed by atoms with Crippen LogP contribution in [0.4, 0.5) is 5.69 Å². The fourth-order valence-electron chi connectivity index (χ4n) is 3.05. The first-order valence-corrected chi connectivity index (χ1v) is 7.84. The summed E-state index contributed by atoms with van der Waals surface area (Å²) in [6.07, 6.45) is 2.08. The smallest absolute Gasteiger partial charge is 0.0426 e. The Morgan fingerprint density at radius 2 is 2.15 bits per heavy atom. The molecule has 2 N–H and O–H groups in total. The molecule has 1 fully saturated rings. The maximum absolute atomic E-state index is 6.22. The molecule has 0 radical (unpaired) electrons. The van der Waals surface area contributed by atoms with Gasteiger partial charge < -0.3 is 15.5 Å². The molecule has 2 atom stereocenters. The van der Waals surface area contributed by atoms with Crippen molar-refractivity contribution in [3.05, 3.63) is 28.8 Å². The van der Waals surface area contributed by atoms with Crippen molar-refractivity contribution in [2.24, 2.45) is 5.73 Å². The molecule has 0 bridgehead atoms. The summed E-state index contributed by atoms with van der Waals surface area (Å²) < 4.78 is 0. The van der Waals surface area contributed by atoms with Crippen molar-refractivity contribution < 1.29 is 0 Å². The predicted molar refractivity (Wildman–Crippen MR) is 87.7 cm³/mol. The van der Waals surface area contributed by atoms with E-state index in [1.54, 1.807) is 0 Å². The fraction of sp³-hybridized carbons (Fsp3) is 0.625. The van der Waals surface area contributed by atoms with Crippen LogP contribution in [0.15, 0.2) is 18.2 Å². The van der Waals surface area contributed by atoms with Gasteiger partial charge in [0.25, 0.3) is 0 Å². The van der Waals surface area contributed by atoms with E-state index in [0.29, 0.717) is 6.04 Å². The van der Waals surface area contributed by atoms with Crippen molar-refractivity contribution in [1.82, 2.24) is 4.90 Å². The lowest BCUT2D eigenvalue weighted by molar-refractivity contribution is 0.337. The highest BCUT2D eigenvalue weighted by molar-refractivity contribution is 6.30. The van der Waals surface area contributed by atoms with Gasteiger partial charge in [-0.05, 0) is 58.0 Å². The van der Waals surface area contributed by atoms with Crippen molar-refractivity contribution in [1.29, 1.82) is 0 Å². The lowest BCUT2D eigenvalue weighted by Crippen LogP contribution is -2.38. The molecular formula is C16H26ClN3. The first-order chi connectivity index (χ1) is 9.47. The van der Waals surface area contributed by atoms with Gasteiger partial charge in [0.1, 0.15) is 0 Å². The normalized spacial score (nSPS) is 22.6. The molecule has 2 unspecified atom stereocenters. The van der Waals surface area contributed by atoms with Crippen LogP contribution in [0.3, 0.4) is 0 Å². The molecule has 1 saturated heterocycles. The Morgan fingerprint density at radius 3 is 2.85 bits per heavy atom. The van der Waals surface area contributed by atoms with Crippen molar-refractivity contribution in [2.45, 2.75) is 38.8 Å². The van der Waals surface area contributed by atoms with Crippen molar-refractivity contribution in [3.8, 4) is 0 Å². The zero-order valence-electron chi connectivity index (χ0n) is 12.8. The zero-order chi connectivity index (χ0) is 14.7. The summed E-state index contributed by atoms with van der Waals surface area (Å²) in [6, 6.07) is 6.86. The maximum Gasteiger partial charge on any atom is 0.0426 e. The maximum atomic E-state index is 6.22. The molecule has 20 heavy (non-hydrogen) atoms. The molecule has 0 aromatic heterocycles. The second-order valence-electron chi connectivity index (χ2n) is 6.11. The summed E-state index contributed by atoms with van der Waals surface area (Å²) in [5.41, 5.74) is 8.56. The number of anilines is 1. The van der Waals surface area contributed by atoms with Crippen LogP contribution >= 0.6 is 11.6 Å². The molecule has 0 aliphatic carbocycles. The summed E-state index contributed by atoms with van der Waals surface area (Å²) in [5, 5.41) is 0.804. The van der Waals surface area contributed by atoms with E-state index in [1.807, 2.05) is 6.07 Å². The van der Waals surface area contributed by atoms with Crippen LogP contribution in [-0.4, -0.2) is 43.7 Å². The fourth-order valence-corrected chi connectivity index (χ4v) is 3.22. The van der Waals surface area contributed by atoms with Gasteiger partial charge in [-0.3, -0.25) is 0 Å². The van der Waals surface area contributed by atoms with Gasteiger partial charge in [0.2, 0.25) is 0 Å². The van der Waals surface area contributed by atoms with Crippen LogP contribution in [0.5, 0.6) is 0 Å². The second kappa shape index (κ2) is 6.79. The molecule has 3 nitrogen and oxygen atoms in total. The van der Waals surface area contributed by atoms with Crippen LogP contribution in [0.1, 0.15) is 25.8 Å². The average Bonchev–Trinajstić information content (AvgIpc) is 2.52. The van der Waals surface area contributed by atoms with Crippen LogP contribution in [0.2, 0.25) is 5.02 Å². The number of hydrogen-bond acceptors (Lipinski definition) is 3. The zero-order valence-corrected chi connectivity index (χ0v) is 13.5. The molecule has 1 aromatic rings. The van der Waals surface area contributed by atoms with Gasteiger partial charge in [0.15, 0.2) is 0 Å². The number of halogens is 1. The minimum atomic E-state index is 0.167. The molecule has 1 aliphatic rings. The van der Waals surface area contributed by atoms with E-state index in [0.717, 1.165) is 31.1 Å². The third kappa shape index (κ3) is 3.87. The molecule has 0 spiro atoms. The summed E-state index contributed by atoms with van der Waals surface area (Å²) in [6.45, 7) is 7.67. The van der Waals surface area contributed by atoms with Gasteiger partial charge in [0, 0.05) is 35.9 Å². The topological polar surface area (TPSA) is 32.5 Å². The summed E-state index contributed by atoms with van der Waals surface area (Å²) >= 11 is 6.22. The van der Waals surface area contributed by atoms with Crippen LogP contribution < -0.4 is 10.6 Å². The van der Waals surface area contributed by atoms with Gasteiger partial charge >= 0.3 is 0 Å². The summed E-state index contributed by atoms with van der Waals surface area (Å²) in [7, 11) is 2.20. The van der Waals surface area contributed by atoms with E-state index in [2.05, 4.69) is 42.8 Å². The Labute approximate surface area is 127 Å². The molecule has 1 aromatic carbocycles. The number of nitrogens with zero attached hydrogens (tertiary/aromatic N) is 2.